The van der Waals surface area contributed by atoms with Crippen LogP contribution in [0.1, 0.15) is 12.5 Å². The monoisotopic (exact) mass is 380 g/mol. The highest BCUT2D eigenvalue weighted by atomic mass is 16.6. The number of aliphatic hydroxyl groups is 1. The van der Waals surface area contributed by atoms with Crippen LogP contribution in [0.5, 0.6) is 0 Å². The Balaban J connectivity index is 1.82. The van der Waals surface area contributed by atoms with Crippen molar-refractivity contribution >= 4 is 17.5 Å². The van der Waals surface area contributed by atoms with E-state index in [1.54, 1.807) is 30.6 Å². The lowest BCUT2D eigenvalue weighted by molar-refractivity contribution is -0.384. The Morgan fingerprint density at radius 3 is 2.64 bits per heavy atom. The number of anilines is 2. The number of aromatic nitrogens is 3. The molecule has 0 unspecified atom stereocenters. The van der Waals surface area contributed by atoms with Crippen LogP contribution >= 0.6 is 0 Å². The third-order valence-electron chi connectivity index (χ3n) is 3.95. The molecule has 0 aliphatic rings. The van der Waals surface area contributed by atoms with Crippen molar-refractivity contribution in [2.75, 3.05) is 17.2 Å². The highest BCUT2D eigenvalue weighted by Gasteiger charge is 2.10. The van der Waals surface area contributed by atoms with Crippen LogP contribution in [0.15, 0.2) is 54.9 Å². The van der Waals surface area contributed by atoms with E-state index < -0.39 is 4.92 Å². The number of nitrogens with zero attached hydrogens (tertiary/aromatic N) is 4. The van der Waals surface area contributed by atoms with E-state index in [9.17, 15) is 15.2 Å². The fourth-order valence-corrected chi connectivity index (χ4v) is 2.46. The second kappa shape index (κ2) is 8.87. The lowest BCUT2D eigenvalue weighted by Gasteiger charge is -2.14. The van der Waals surface area contributed by atoms with Gasteiger partial charge in [0.25, 0.3) is 5.69 Å². The predicted molar refractivity (Wildman–Crippen MR) is 106 cm³/mol. The molecule has 3 aromatic rings. The molecule has 1 aromatic carbocycles. The van der Waals surface area contributed by atoms with E-state index in [1.807, 2.05) is 19.1 Å². The molecule has 0 fully saturated rings. The Labute approximate surface area is 161 Å². The molecule has 3 rings (SSSR count). The van der Waals surface area contributed by atoms with E-state index in [0.717, 1.165) is 11.1 Å². The van der Waals surface area contributed by atoms with Gasteiger partial charge in [-0.15, -0.1) is 0 Å². The summed E-state index contributed by atoms with van der Waals surface area (Å²) in [6.07, 6.45) is 3.40. The zero-order chi connectivity index (χ0) is 19.9. The molecule has 1 atom stereocenters. The number of nitro benzene ring substituents is 1. The van der Waals surface area contributed by atoms with E-state index in [0.29, 0.717) is 24.0 Å². The number of nitrogens with one attached hydrogen (secondary N) is 2. The van der Waals surface area contributed by atoms with E-state index >= 15 is 0 Å². The molecule has 0 bridgehead atoms. The molecule has 28 heavy (non-hydrogen) atoms. The van der Waals surface area contributed by atoms with Crippen LogP contribution in [-0.4, -0.2) is 37.6 Å². The van der Waals surface area contributed by atoms with Crippen molar-refractivity contribution in [2.24, 2.45) is 0 Å². The highest BCUT2D eigenvalue weighted by Crippen LogP contribution is 2.21. The number of benzene rings is 1. The summed E-state index contributed by atoms with van der Waals surface area (Å²) in [5, 5.41) is 26.3. The van der Waals surface area contributed by atoms with E-state index in [2.05, 4.69) is 25.6 Å². The predicted octanol–water partition coefficient (Wildman–Crippen LogP) is 2.85. The molecule has 144 valence electrons. The van der Waals surface area contributed by atoms with E-state index in [4.69, 9.17) is 0 Å². The summed E-state index contributed by atoms with van der Waals surface area (Å²) in [5.74, 6) is 0.967. The van der Waals surface area contributed by atoms with Gasteiger partial charge in [0.15, 0.2) is 0 Å². The van der Waals surface area contributed by atoms with Crippen molar-refractivity contribution in [1.29, 1.82) is 0 Å². The number of non-ortho nitro benzene ring substituents is 1. The van der Waals surface area contributed by atoms with Crippen LogP contribution in [-0.2, 0) is 6.54 Å². The third kappa shape index (κ3) is 4.98. The van der Waals surface area contributed by atoms with E-state index in [1.165, 1.54) is 12.1 Å². The SMILES string of the molecule is C[C@@H](CO)Nc1nc(NCc2ccc([N+](=O)[O-])cc2)cc(-c2cccnc2)n1. The maximum Gasteiger partial charge on any atom is 0.269 e. The topological polar surface area (TPSA) is 126 Å². The molecule has 2 heterocycles. The smallest absolute Gasteiger partial charge is 0.269 e. The molecular formula is C19H20N6O3. The fourth-order valence-electron chi connectivity index (χ4n) is 2.46. The standard InChI is InChI=1S/C19H20N6O3/c1-13(12-26)22-19-23-17(15-3-2-8-20-11-15)9-18(24-19)21-10-14-4-6-16(7-5-14)25(27)28/h2-9,11,13,26H,10,12H2,1H3,(H2,21,22,23,24)/t13-/m0/s1. The van der Waals surface area contributed by atoms with Crippen molar-refractivity contribution in [3.05, 3.63) is 70.5 Å². The summed E-state index contributed by atoms with van der Waals surface area (Å²) in [6.45, 7) is 2.21. The van der Waals surface area contributed by atoms with Crippen LogP contribution in [0, 0.1) is 10.1 Å². The molecule has 9 nitrogen and oxygen atoms in total. The lowest BCUT2D eigenvalue weighted by atomic mass is 10.2. The molecule has 3 N–H and O–H groups in total. The fraction of sp³-hybridized carbons (Fsp3) is 0.211. The number of hydrogen-bond acceptors (Lipinski definition) is 8. The third-order valence-corrected chi connectivity index (χ3v) is 3.95. The van der Waals surface area contributed by atoms with Crippen LogP contribution in [0.2, 0.25) is 0 Å². The van der Waals surface area contributed by atoms with Crippen molar-refractivity contribution in [2.45, 2.75) is 19.5 Å². The van der Waals surface area contributed by atoms with Gasteiger partial charge < -0.3 is 15.7 Å². The molecule has 9 heteroatoms. The Morgan fingerprint density at radius 1 is 1.21 bits per heavy atom. The maximum atomic E-state index is 10.8. The Kier molecular flexibility index (Phi) is 6.07. The first-order valence-corrected chi connectivity index (χ1v) is 8.69. The number of hydrogen-bond donors (Lipinski definition) is 3. The van der Waals surface area contributed by atoms with Crippen LogP contribution < -0.4 is 10.6 Å². The van der Waals surface area contributed by atoms with Crippen molar-refractivity contribution in [1.82, 2.24) is 15.0 Å². The lowest BCUT2D eigenvalue weighted by Crippen LogP contribution is -2.21. The molecule has 0 amide bonds. The molecule has 0 saturated heterocycles. The molecule has 0 aliphatic carbocycles. The molecule has 0 saturated carbocycles. The largest absolute Gasteiger partial charge is 0.394 e. The summed E-state index contributed by atoms with van der Waals surface area (Å²) in [5.41, 5.74) is 2.45. The first-order valence-electron chi connectivity index (χ1n) is 8.69. The maximum absolute atomic E-state index is 10.8. The minimum atomic E-state index is -0.428. The minimum absolute atomic E-state index is 0.0496. The quantitative estimate of drug-likeness (QED) is 0.402. The van der Waals surface area contributed by atoms with Crippen LogP contribution in [0.25, 0.3) is 11.3 Å². The summed E-state index contributed by atoms with van der Waals surface area (Å²) in [6, 6.07) is 11.6. The molecule has 0 aliphatic heterocycles. The first kappa shape index (κ1) is 19.2. The van der Waals surface area contributed by atoms with Gasteiger partial charge in [0, 0.05) is 48.7 Å². The van der Waals surface area contributed by atoms with E-state index in [-0.39, 0.29) is 18.3 Å². The van der Waals surface area contributed by atoms with Gasteiger partial charge in [0.1, 0.15) is 5.82 Å². The average molecular weight is 380 g/mol. The number of rotatable bonds is 8. The van der Waals surface area contributed by atoms with Gasteiger partial charge in [0.05, 0.1) is 17.2 Å². The van der Waals surface area contributed by atoms with Crippen LogP contribution in [0.3, 0.4) is 0 Å². The molecule has 2 aromatic heterocycles. The normalized spacial score (nSPS) is 11.6. The second-order valence-electron chi connectivity index (χ2n) is 6.21. The van der Waals surface area contributed by atoms with Gasteiger partial charge in [-0.1, -0.05) is 12.1 Å². The van der Waals surface area contributed by atoms with Gasteiger partial charge in [-0.3, -0.25) is 15.1 Å². The first-order chi connectivity index (χ1) is 13.5. The van der Waals surface area contributed by atoms with Crippen molar-refractivity contribution in [3.8, 4) is 11.3 Å². The van der Waals surface area contributed by atoms with Gasteiger partial charge >= 0.3 is 0 Å². The number of aliphatic hydroxyl groups excluding tert-OH is 1. The summed E-state index contributed by atoms with van der Waals surface area (Å²) >= 11 is 0. The summed E-state index contributed by atoms with van der Waals surface area (Å²) in [4.78, 5) is 23.4. The molecular weight excluding hydrogens is 360 g/mol. The number of nitro groups is 1. The Hall–Kier alpha value is -3.59. The zero-order valence-corrected chi connectivity index (χ0v) is 15.2. The Morgan fingerprint density at radius 2 is 2.00 bits per heavy atom. The van der Waals surface area contributed by atoms with Crippen molar-refractivity contribution in [3.63, 3.8) is 0 Å². The molecule has 0 radical (unpaired) electrons. The highest BCUT2D eigenvalue weighted by molar-refractivity contribution is 5.63. The minimum Gasteiger partial charge on any atom is -0.394 e. The zero-order valence-electron chi connectivity index (χ0n) is 15.2. The average Bonchev–Trinajstić information content (AvgIpc) is 2.73. The van der Waals surface area contributed by atoms with Gasteiger partial charge in [-0.2, -0.15) is 4.98 Å². The second-order valence-corrected chi connectivity index (χ2v) is 6.21. The van der Waals surface area contributed by atoms with Gasteiger partial charge in [-0.25, -0.2) is 4.98 Å². The van der Waals surface area contributed by atoms with Gasteiger partial charge in [0.2, 0.25) is 5.95 Å². The number of pyridine rings is 1. The molecule has 0 spiro atoms. The summed E-state index contributed by atoms with van der Waals surface area (Å²) < 4.78 is 0. The van der Waals surface area contributed by atoms with Crippen molar-refractivity contribution < 1.29 is 10.0 Å². The van der Waals surface area contributed by atoms with Gasteiger partial charge in [-0.05, 0) is 24.6 Å². The Bertz CT molecular complexity index is 934. The van der Waals surface area contributed by atoms with Crippen LogP contribution in [0.4, 0.5) is 17.5 Å². The summed E-state index contributed by atoms with van der Waals surface area (Å²) in [7, 11) is 0.